The Hall–Kier alpha value is -2.49. The van der Waals surface area contributed by atoms with Gasteiger partial charge in [-0.3, -0.25) is 14.9 Å². The maximum atomic E-state index is 12.3. The van der Waals surface area contributed by atoms with Crippen molar-refractivity contribution < 1.29 is 9.72 Å². The second-order valence-corrected chi connectivity index (χ2v) is 4.98. The van der Waals surface area contributed by atoms with Gasteiger partial charge in [0, 0.05) is 24.0 Å². The van der Waals surface area contributed by atoms with Crippen LogP contribution in [-0.4, -0.2) is 10.7 Å². The van der Waals surface area contributed by atoms with Gasteiger partial charge in [-0.25, -0.2) is 0 Å². The Morgan fingerprint density at radius 1 is 1.15 bits per heavy atom. The Morgan fingerprint density at radius 3 is 2.60 bits per heavy atom. The summed E-state index contributed by atoms with van der Waals surface area (Å²) in [6.07, 6.45) is 0.867. The summed E-state index contributed by atoms with van der Waals surface area (Å²) in [7, 11) is 0. The van der Waals surface area contributed by atoms with Crippen LogP contribution in [0.3, 0.4) is 0 Å². The smallest absolute Gasteiger partial charge is 0.273 e. The summed E-state index contributed by atoms with van der Waals surface area (Å²) in [6, 6.07) is 14.3. The van der Waals surface area contributed by atoms with Crippen LogP contribution in [-0.2, 0) is 17.6 Å². The van der Waals surface area contributed by atoms with E-state index in [0.29, 0.717) is 5.56 Å². The van der Waals surface area contributed by atoms with E-state index in [0.717, 1.165) is 12.0 Å². The fourth-order valence-corrected chi connectivity index (χ4v) is 2.70. The summed E-state index contributed by atoms with van der Waals surface area (Å²) in [5.74, 6) is -0.0518. The Bertz CT molecular complexity index is 694. The van der Waals surface area contributed by atoms with Crippen LogP contribution in [0.2, 0.25) is 0 Å². The molecule has 2 aromatic carbocycles. The standard InChI is InChI=1S/C16H13NO3/c18-16(14-9-11-5-1-3-7-13(11)14)10-12-6-2-4-8-15(12)17(19)20/h1-8,14H,9-10H2. The number of para-hydroxylation sites is 1. The topological polar surface area (TPSA) is 60.2 Å². The van der Waals surface area contributed by atoms with Crippen molar-refractivity contribution in [2.24, 2.45) is 0 Å². The number of hydrogen-bond donors (Lipinski definition) is 0. The lowest BCUT2D eigenvalue weighted by molar-refractivity contribution is -0.385. The first kappa shape index (κ1) is 12.5. The molecule has 0 spiro atoms. The third-order valence-electron chi connectivity index (χ3n) is 3.80. The van der Waals surface area contributed by atoms with E-state index >= 15 is 0 Å². The summed E-state index contributed by atoms with van der Waals surface area (Å²) in [4.78, 5) is 22.8. The zero-order chi connectivity index (χ0) is 14.1. The first-order valence-corrected chi connectivity index (χ1v) is 6.49. The zero-order valence-corrected chi connectivity index (χ0v) is 10.8. The SMILES string of the molecule is O=C(Cc1ccccc1[N+](=O)[O-])C1Cc2ccccc21. The molecule has 0 N–H and O–H groups in total. The van der Waals surface area contributed by atoms with Gasteiger partial charge < -0.3 is 0 Å². The second kappa shape index (κ2) is 4.89. The van der Waals surface area contributed by atoms with Crippen LogP contribution in [0, 0.1) is 10.1 Å². The molecule has 0 bridgehead atoms. The summed E-state index contributed by atoms with van der Waals surface area (Å²) in [6.45, 7) is 0. The quantitative estimate of drug-likeness (QED) is 0.632. The normalized spacial score (nSPS) is 16.1. The number of benzene rings is 2. The predicted octanol–water partition coefficient (Wildman–Crippen LogP) is 3.05. The monoisotopic (exact) mass is 267 g/mol. The highest BCUT2D eigenvalue weighted by atomic mass is 16.6. The van der Waals surface area contributed by atoms with E-state index in [2.05, 4.69) is 0 Å². The Labute approximate surface area is 116 Å². The van der Waals surface area contributed by atoms with Crippen LogP contribution in [0.4, 0.5) is 5.69 Å². The van der Waals surface area contributed by atoms with Gasteiger partial charge in [-0.2, -0.15) is 0 Å². The van der Waals surface area contributed by atoms with E-state index in [4.69, 9.17) is 0 Å². The number of nitrogens with zero attached hydrogens (tertiary/aromatic N) is 1. The zero-order valence-electron chi connectivity index (χ0n) is 10.8. The van der Waals surface area contributed by atoms with Crippen molar-refractivity contribution in [2.45, 2.75) is 18.8 Å². The molecule has 0 amide bonds. The van der Waals surface area contributed by atoms with Crippen LogP contribution in [0.5, 0.6) is 0 Å². The number of carbonyl (C=O) groups excluding carboxylic acids is 1. The van der Waals surface area contributed by atoms with E-state index in [-0.39, 0.29) is 23.8 Å². The molecule has 0 saturated heterocycles. The first-order chi connectivity index (χ1) is 9.66. The number of rotatable bonds is 4. The molecule has 4 nitrogen and oxygen atoms in total. The number of carbonyl (C=O) groups is 1. The molecule has 3 rings (SSSR count). The molecular formula is C16H13NO3. The van der Waals surface area contributed by atoms with Crippen molar-refractivity contribution in [3.8, 4) is 0 Å². The minimum atomic E-state index is -0.433. The molecule has 0 heterocycles. The van der Waals surface area contributed by atoms with Crippen molar-refractivity contribution in [3.63, 3.8) is 0 Å². The molecule has 0 saturated carbocycles. The lowest BCUT2D eigenvalue weighted by atomic mass is 9.74. The van der Waals surface area contributed by atoms with Crippen LogP contribution in [0.15, 0.2) is 48.5 Å². The maximum Gasteiger partial charge on any atom is 0.273 e. The summed E-state index contributed by atoms with van der Waals surface area (Å²) >= 11 is 0. The van der Waals surface area contributed by atoms with E-state index in [1.54, 1.807) is 18.2 Å². The molecule has 20 heavy (non-hydrogen) atoms. The lowest BCUT2D eigenvalue weighted by Gasteiger charge is -2.28. The lowest BCUT2D eigenvalue weighted by Crippen LogP contribution is -2.26. The van der Waals surface area contributed by atoms with Crippen molar-refractivity contribution >= 4 is 11.5 Å². The van der Waals surface area contributed by atoms with Crippen molar-refractivity contribution in [1.82, 2.24) is 0 Å². The van der Waals surface area contributed by atoms with Gasteiger partial charge in [0.05, 0.1) is 4.92 Å². The van der Waals surface area contributed by atoms with Crippen LogP contribution < -0.4 is 0 Å². The maximum absolute atomic E-state index is 12.3. The molecule has 1 aliphatic rings. The summed E-state index contributed by atoms with van der Waals surface area (Å²) in [5, 5.41) is 10.9. The predicted molar refractivity (Wildman–Crippen MR) is 74.7 cm³/mol. The number of hydrogen-bond acceptors (Lipinski definition) is 3. The molecule has 0 aliphatic heterocycles. The van der Waals surface area contributed by atoms with Gasteiger partial charge >= 0.3 is 0 Å². The van der Waals surface area contributed by atoms with Crippen LogP contribution in [0.1, 0.15) is 22.6 Å². The van der Waals surface area contributed by atoms with Crippen molar-refractivity contribution in [1.29, 1.82) is 0 Å². The molecule has 1 unspecified atom stereocenters. The Kier molecular flexibility index (Phi) is 3.06. The fraction of sp³-hybridized carbons (Fsp3) is 0.188. The van der Waals surface area contributed by atoms with Crippen LogP contribution in [0.25, 0.3) is 0 Å². The number of ketones is 1. The van der Waals surface area contributed by atoms with Crippen molar-refractivity contribution in [3.05, 3.63) is 75.3 Å². The average molecular weight is 267 g/mol. The van der Waals surface area contributed by atoms with Crippen molar-refractivity contribution in [2.75, 3.05) is 0 Å². The number of Topliss-reactive ketones (excluding diaryl/α,β-unsaturated/α-hetero) is 1. The second-order valence-electron chi connectivity index (χ2n) is 4.98. The number of nitro groups is 1. The molecular weight excluding hydrogens is 254 g/mol. The number of nitro benzene ring substituents is 1. The largest absolute Gasteiger partial charge is 0.299 e. The minimum Gasteiger partial charge on any atom is -0.299 e. The van der Waals surface area contributed by atoms with E-state index in [1.165, 1.54) is 11.6 Å². The highest BCUT2D eigenvalue weighted by molar-refractivity contribution is 5.91. The van der Waals surface area contributed by atoms with Gasteiger partial charge in [-0.15, -0.1) is 0 Å². The molecule has 0 aromatic heterocycles. The highest BCUT2D eigenvalue weighted by Crippen LogP contribution is 2.36. The summed E-state index contributed by atoms with van der Waals surface area (Å²) < 4.78 is 0. The Balaban J connectivity index is 1.80. The third-order valence-corrected chi connectivity index (χ3v) is 3.80. The molecule has 4 heteroatoms. The molecule has 1 aliphatic carbocycles. The number of fused-ring (bicyclic) bond motifs is 1. The minimum absolute atomic E-state index is 0.0217. The van der Waals surface area contributed by atoms with Gasteiger partial charge in [-0.05, 0) is 17.5 Å². The molecule has 1 atom stereocenters. The average Bonchev–Trinajstić information content (AvgIpc) is 2.40. The third kappa shape index (κ3) is 2.09. The molecule has 0 radical (unpaired) electrons. The molecule has 0 fully saturated rings. The molecule has 100 valence electrons. The highest BCUT2D eigenvalue weighted by Gasteiger charge is 2.32. The van der Waals surface area contributed by atoms with Gasteiger partial charge in [-0.1, -0.05) is 42.5 Å². The van der Waals surface area contributed by atoms with Gasteiger partial charge in [0.1, 0.15) is 5.78 Å². The fourth-order valence-electron chi connectivity index (χ4n) is 2.70. The van der Waals surface area contributed by atoms with Gasteiger partial charge in [0.2, 0.25) is 0 Å². The molecule has 2 aromatic rings. The van der Waals surface area contributed by atoms with Gasteiger partial charge in [0.15, 0.2) is 0 Å². The Morgan fingerprint density at radius 2 is 1.85 bits per heavy atom. The van der Waals surface area contributed by atoms with E-state index in [1.807, 2.05) is 24.3 Å². The first-order valence-electron chi connectivity index (χ1n) is 6.49. The van der Waals surface area contributed by atoms with Crippen LogP contribution >= 0.6 is 0 Å². The van der Waals surface area contributed by atoms with Gasteiger partial charge in [0.25, 0.3) is 5.69 Å². The van der Waals surface area contributed by atoms with E-state index < -0.39 is 4.92 Å². The summed E-state index contributed by atoms with van der Waals surface area (Å²) in [5.41, 5.74) is 2.78. The van der Waals surface area contributed by atoms with E-state index in [9.17, 15) is 14.9 Å².